The van der Waals surface area contributed by atoms with Gasteiger partial charge in [-0.25, -0.2) is 0 Å². The summed E-state index contributed by atoms with van der Waals surface area (Å²) in [4.78, 5) is 15.1. The minimum Gasteiger partial charge on any atom is -0.372 e. The molecular formula is C22H22N2O. The van der Waals surface area contributed by atoms with Gasteiger partial charge in [0.2, 0.25) is 0 Å². The predicted molar refractivity (Wildman–Crippen MR) is 103 cm³/mol. The largest absolute Gasteiger partial charge is 0.372 e. The van der Waals surface area contributed by atoms with E-state index in [1.165, 1.54) is 54.7 Å². The van der Waals surface area contributed by atoms with Crippen LogP contribution in [0.4, 0.5) is 11.4 Å². The number of piperidine rings is 1. The first-order chi connectivity index (χ1) is 12.3. The molecular weight excluding hydrogens is 308 g/mol. The molecule has 0 unspecified atom stereocenters. The highest BCUT2D eigenvalue weighted by atomic mass is 16.2. The second-order valence-electron chi connectivity index (χ2n) is 7.24. The molecule has 3 nitrogen and oxygen atoms in total. The lowest BCUT2D eigenvalue weighted by Gasteiger charge is -2.29. The van der Waals surface area contributed by atoms with E-state index in [4.69, 9.17) is 0 Å². The number of hydrogen-bond acceptors (Lipinski definition) is 2. The van der Waals surface area contributed by atoms with Crippen molar-refractivity contribution in [1.29, 1.82) is 0 Å². The standard InChI is InChI=1S/C22H22N2O/c25-22-21(19-6-2-3-7-20(19)23-22)18-10-8-15-14-16(9-11-17(15)18)24-12-4-1-5-13-24/h2-3,6-7,9,11,14H,1,4-5,8,10,12-13H2,(H,23,25). The Balaban J connectivity index is 1.57. The number of rotatable bonds is 1. The van der Waals surface area contributed by atoms with Gasteiger partial charge >= 0.3 is 0 Å². The third-order valence-corrected chi connectivity index (χ3v) is 5.75. The summed E-state index contributed by atoms with van der Waals surface area (Å²) in [6.45, 7) is 2.34. The maximum atomic E-state index is 12.6. The molecule has 2 aromatic rings. The summed E-state index contributed by atoms with van der Waals surface area (Å²) in [5.41, 5.74) is 8.08. The molecule has 0 saturated carbocycles. The van der Waals surface area contributed by atoms with E-state index < -0.39 is 0 Å². The van der Waals surface area contributed by atoms with Gasteiger partial charge in [0, 0.05) is 30.0 Å². The van der Waals surface area contributed by atoms with Gasteiger partial charge in [-0.2, -0.15) is 0 Å². The minimum atomic E-state index is 0.0455. The Morgan fingerprint density at radius 2 is 1.72 bits per heavy atom. The van der Waals surface area contributed by atoms with Gasteiger partial charge < -0.3 is 10.2 Å². The fourth-order valence-corrected chi connectivity index (χ4v) is 4.50. The molecule has 1 saturated heterocycles. The van der Waals surface area contributed by atoms with Crippen LogP contribution in [0.2, 0.25) is 0 Å². The molecule has 0 atom stereocenters. The number of benzene rings is 2. The number of fused-ring (bicyclic) bond motifs is 2. The quantitative estimate of drug-likeness (QED) is 0.782. The van der Waals surface area contributed by atoms with Crippen LogP contribution in [0, 0.1) is 0 Å². The van der Waals surface area contributed by atoms with Crippen LogP contribution in [0.25, 0.3) is 11.1 Å². The number of nitrogens with one attached hydrogen (secondary N) is 1. The molecule has 1 N–H and O–H groups in total. The van der Waals surface area contributed by atoms with Crippen LogP contribution in [0.5, 0.6) is 0 Å². The van der Waals surface area contributed by atoms with Crippen molar-refractivity contribution in [1.82, 2.24) is 0 Å². The molecule has 2 aliphatic heterocycles. The molecule has 1 aliphatic carbocycles. The Hall–Kier alpha value is -2.55. The fourth-order valence-electron chi connectivity index (χ4n) is 4.50. The average Bonchev–Trinajstić information content (AvgIpc) is 3.21. The third kappa shape index (κ3) is 2.38. The lowest BCUT2D eigenvalue weighted by atomic mass is 9.96. The van der Waals surface area contributed by atoms with Gasteiger partial charge in [-0.3, -0.25) is 4.79 Å². The molecule has 1 fully saturated rings. The van der Waals surface area contributed by atoms with Crippen LogP contribution in [-0.4, -0.2) is 19.0 Å². The lowest BCUT2D eigenvalue weighted by Crippen LogP contribution is -2.29. The Bertz CT molecular complexity index is 891. The van der Waals surface area contributed by atoms with Crippen molar-refractivity contribution in [2.24, 2.45) is 0 Å². The maximum Gasteiger partial charge on any atom is 0.256 e. The molecule has 25 heavy (non-hydrogen) atoms. The summed E-state index contributed by atoms with van der Waals surface area (Å²) in [5, 5.41) is 3.01. The highest BCUT2D eigenvalue weighted by Crippen LogP contribution is 2.43. The Morgan fingerprint density at radius 3 is 2.60 bits per heavy atom. The lowest BCUT2D eigenvalue weighted by molar-refractivity contribution is -0.110. The number of para-hydroxylation sites is 1. The molecule has 3 heteroatoms. The normalized spacial score (nSPS) is 21.9. The van der Waals surface area contributed by atoms with Crippen molar-refractivity contribution < 1.29 is 4.79 Å². The van der Waals surface area contributed by atoms with Crippen LogP contribution in [0.1, 0.15) is 42.4 Å². The summed E-state index contributed by atoms with van der Waals surface area (Å²) in [7, 11) is 0. The van der Waals surface area contributed by atoms with Crippen LogP contribution in [0.3, 0.4) is 0 Å². The second-order valence-corrected chi connectivity index (χ2v) is 7.24. The van der Waals surface area contributed by atoms with Gasteiger partial charge in [0.15, 0.2) is 0 Å². The zero-order chi connectivity index (χ0) is 16.8. The van der Waals surface area contributed by atoms with Crippen LogP contribution in [-0.2, 0) is 11.2 Å². The molecule has 0 spiro atoms. The molecule has 0 radical (unpaired) electrons. The molecule has 5 rings (SSSR count). The van der Waals surface area contributed by atoms with Gasteiger partial charge in [-0.1, -0.05) is 24.3 Å². The summed E-state index contributed by atoms with van der Waals surface area (Å²) in [6, 6.07) is 14.9. The number of hydrogen-bond donors (Lipinski definition) is 1. The Labute approximate surface area is 148 Å². The van der Waals surface area contributed by atoms with Crippen LogP contribution >= 0.6 is 0 Å². The molecule has 2 aromatic carbocycles. The molecule has 1 amide bonds. The molecule has 126 valence electrons. The second kappa shape index (κ2) is 5.76. The SMILES string of the molecule is O=C1Nc2ccccc2C1=C1CCc2cc(N3CCCCC3)ccc21. The highest BCUT2D eigenvalue weighted by molar-refractivity contribution is 6.37. The van der Waals surface area contributed by atoms with Gasteiger partial charge in [0.05, 0.1) is 5.57 Å². The number of allylic oxidation sites excluding steroid dienone is 1. The van der Waals surface area contributed by atoms with E-state index in [0.717, 1.165) is 29.7 Å². The number of amides is 1. The molecule has 0 aromatic heterocycles. The van der Waals surface area contributed by atoms with Crippen molar-refractivity contribution in [3.8, 4) is 0 Å². The van der Waals surface area contributed by atoms with E-state index >= 15 is 0 Å². The summed E-state index contributed by atoms with van der Waals surface area (Å²) in [5.74, 6) is 0.0455. The summed E-state index contributed by atoms with van der Waals surface area (Å²) in [6.07, 6.45) is 5.93. The fraction of sp³-hybridized carbons (Fsp3) is 0.318. The minimum absolute atomic E-state index is 0.0455. The smallest absolute Gasteiger partial charge is 0.256 e. The first kappa shape index (κ1) is 14.8. The van der Waals surface area contributed by atoms with E-state index in [2.05, 4.69) is 34.5 Å². The number of nitrogens with zero attached hydrogens (tertiary/aromatic N) is 1. The topological polar surface area (TPSA) is 32.3 Å². The van der Waals surface area contributed by atoms with E-state index in [1.807, 2.05) is 18.2 Å². The van der Waals surface area contributed by atoms with E-state index in [-0.39, 0.29) is 5.91 Å². The van der Waals surface area contributed by atoms with Crippen LogP contribution in [0.15, 0.2) is 42.5 Å². The number of carbonyl (C=O) groups excluding carboxylic acids is 1. The van der Waals surface area contributed by atoms with E-state index in [1.54, 1.807) is 0 Å². The van der Waals surface area contributed by atoms with Crippen molar-refractivity contribution in [2.75, 3.05) is 23.3 Å². The maximum absolute atomic E-state index is 12.6. The monoisotopic (exact) mass is 330 g/mol. The molecule has 0 bridgehead atoms. The van der Waals surface area contributed by atoms with Crippen LogP contribution < -0.4 is 10.2 Å². The number of anilines is 2. The van der Waals surface area contributed by atoms with Gasteiger partial charge in [0.1, 0.15) is 0 Å². The Morgan fingerprint density at radius 1 is 0.880 bits per heavy atom. The summed E-state index contributed by atoms with van der Waals surface area (Å²) >= 11 is 0. The van der Waals surface area contributed by atoms with E-state index in [9.17, 15) is 4.79 Å². The molecule has 3 aliphatic rings. The van der Waals surface area contributed by atoms with Crippen molar-refractivity contribution in [3.05, 3.63) is 59.2 Å². The zero-order valence-corrected chi connectivity index (χ0v) is 14.3. The summed E-state index contributed by atoms with van der Waals surface area (Å²) < 4.78 is 0. The van der Waals surface area contributed by atoms with Crippen molar-refractivity contribution >= 4 is 28.4 Å². The first-order valence-electron chi connectivity index (χ1n) is 9.33. The average molecular weight is 330 g/mol. The van der Waals surface area contributed by atoms with Gasteiger partial charge in [-0.15, -0.1) is 0 Å². The highest BCUT2D eigenvalue weighted by Gasteiger charge is 2.30. The Kier molecular flexibility index (Phi) is 3.40. The van der Waals surface area contributed by atoms with Gasteiger partial charge in [0.25, 0.3) is 5.91 Å². The van der Waals surface area contributed by atoms with Gasteiger partial charge in [-0.05, 0) is 67.0 Å². The molecule has 2 heterocycles. The third-order valence-electron chi connectivity index (χ3n) is 5.75. The van der Waals surface area contributed by atoms with E-state index in [0.29, 0.717) is 0 Å². The zero-order valence-electron chi connectivity index (χ0n) is 14.3. The van der Waals surface area contributed by atoms with Crippen molar-refractivity contribution in [3.63, 3.8) is 0 Å². The number of carbonyl (C=O) groups is 1. The van der Waals surface area contributed by atoms with Crippen molar-refractivity contribution in [2.45, 2.75) is 32.1 Å². The predicted octanol–water partition coefficient (Wildman–Crippen LogP) is 4.49. The number of aryl methyl sites for hydroxylation is 1. The first-order valence-corrected chi connectivity index (χ1v) is 9.33.